The Labute approximate surface area is 110 Å². The molecule has 0 spiro atoms. The third-order valence-corrected chi connectivity index (χ3v) is 3.62. The van der Waals surface area contributed by atoms with Crippen molar-refractivity contribution in [3.05, 3.63) is 17.0 Å². The maximum absolute atomic E-state index is 5.68. The second kappa shape index (κ2) is 5.85. The summed E-state index contributed by atoms with van der Waals surface area (Å²) in [5.74, 6) is 0. The number of ether oxygens (including phenoxy) is 1. The normalized spacial score (nSPS) is 19.9. The molecule has 1 aliphatic rings. The Hall–Kier alpha value is -0.870. The lowest BCUT2D eigenvalue weighted by atomic mass is 10.2. The molecule has 1 aromatic heterocycles. The average molecular weight is 251 g/mol. The molecule has 0 amide bonds. The van der Waals surface area contributed by atoms with Crippen LogP contribution in [-0.4, -0.2) is 28.5 Å². The number of aryl methyl sites for hydroxylation is 1. The fourth-order valence-electron chi connectivity index (χ4n) is 2.46. The van der Waals surface area contributed by atoms with Crippen LogP contribution in [0.25, 0.3) is 0 Å². The Bertz CT molecular complexity index is 392. The summed E-state index contributed by atoms with van der Waals surface area (Å²) in [6, 6.07) is 0.505. The number of nitrogens with one attached hydrogen (secondary N) is 1. The van der Waals surface area contributed by atoms with Gasteiger partial charge in [0.15, 0.2) is 0 Å². The van der Waals surface area contributed by atoms with E-state index in [1.54, 1.807) is 0 Å². The minimum Gasteiger partial charge on any atom is -0.376 e. The summed E-state index contributed by atoms with van der Waals surface area (Å²) in [5.41, 5.74) is 3.75. The van der Waals surface area contributed by atoms with Crippen molar-refractivity contribution in [2.24, 2.45) is 0 Å². The predicted molar refractivity (Wildman–Crippen MR) is 72.7 cm³/mol. The van der Waals surface area contributed by atoms with E-state index in [0.29, 0.717) is 12.1 Å². The van der Waals surface area contributed by atoms with Crippen molar-refractivity contribution in [3.63, 3.8) is 0 Å². The van der Waals surface area contributed by atoms with Gasteiger partial charge in [-0.15, -0.1) is 0 Å². The Morgan fingerprint density at radius 3 is 2.83 bits per heavy atom. The van der Waals surface area contributed by atoms with E-state index in [4.69, 9.17) is 4.74 Å². The third-order valence-electron chi connectivity index (χ3n) is 3.62. The van der Waals surface area contributed by atoms with Crippen LogP contribution in [0.1, 0.15) is 43.6 Å². The lowest BCUT2D eigenvalue weighted by Gasteiger charge is -2.12. The molecule has 1 unspecified atom stereocenters. The summed E-state index contributed by atoms with van der Waals surface area (Å²) in [7, 11) is 0. The monoisotopic (exact) mass is 251 g/mol. The van der Waals surface area contributed by atoms with Crippen LogP contribution in [0.3, 0.4) is 0 Å². The Morgan fingerprint density at radius 1 is 1.44 bits per heavy atom. The van der Waals surface area contributed by atoms with Crippen molar-refractivity contribution >= 4 is 0 Å². The van der Waals surface area contributed by atoms with Gasteiger partial charge in [-0.1, -0.05) is 13.8 Å². The predicted octanol–water partition coefficient (Wildman–Crippen LogP) is 2.18. The number of aromatic nitrogens is 2. The van der Waals surface area contributed by atoms with Crippen molar-refractivity contribution in [1.82, 2.24) is 15.1 Å². The smallest absolute Gasteiger partial charge is 0.0771 e. The molecule has 1 N–H and O–H groups in total. The van der Waals surface area contributed by atoms with Crippen molar-refractivity contribution in [1.29, 1.82) is 0 Å². The molecule has 0 aromatic carbocycles. The zero-order chi connectivity index (χ0) is 13.1. The molecule has 18 heavy (non-hydrogen) atoms. The molecule has 1 saturated heterocycles. The summed E-state index contributed by atoms with van der Waals surface area (Å²) in [4.78, 5) is 0. The van der Waals surface area contributed by atoms with Gasteiger partial charge in [0.1, 0.15) is 0 Å². The maximum Gasteiger partial charge on any atom is 0.0771 e. The highest BCUT2D eigenvalue weighted by molar-refractivity contribution is 5.24. The van der Waals surface area contributed by atoms with Gasteiger partial charge in [-0.3, -0.25) is 4.68 Å². The van der Waals surface area contributed by atoms with E-state index in [2.05, 4.69) is 42.8 Å². The Kier molecular flexibility index (Phi) is 4.40. The van der Waals surface area contributed by atoms with Crippen molar-refractivity contribution in [2.75, 3.05) is 6.61 Å². The van der Waals surface area contributed by atoms with Crippen LogP contribution in [-0.2, 0) is 17.8 Å². The van der Waals surface area contributed by atoms with Crippen LogP contribution in [0, 0.1) is 13.8 Å². The molecule has 0 saturated carbocycles. The highest BCUT2D eigenvalue weighted by atomic mass is 16.5. The molecule has 4 nitrogen and oxygen atoms in total. The molecule has 4 heteroatoms. The van der Waals surface area contributed by atoms with Gasteiger partial charge in [-0.25, -0.2) is 0 Å². The van der Waals surface area contributed by atoms with Crippen molar-refractivity contribution in [2.45, 2.75) is 65.8 Å². The first-order valence-electron chi connectivity index (χ1n) is 6.95. The van der Waals surface area contributed by atoms with Gasteiger partial charge < -0.3 is 10.1 Å². The molecule has 1 fully saturated rings. The largest absolute Gasteiger partial charge is 0.376 e. The van der Waals surface area contributed by atoms with Gasteiger partial charge in [-0.05, 0) is 26.7 Å². The second-order valence-electron chi connectivity index (χ2n) is 5.50. The van der Waals surface area contributed by atoms with Crippen LogP contribution in [0.5, 0.6) is 0 Å². The van der Waals surface area contributed by atoms with E-state index >= 15 is 0 Å². The SMILES string of the molecule is Cc1nn(CC2CCCO2)c(C)c1CNC(C)C. The van der Waals surface area contributed by atoms with E-state index in [-0.39, 0.29) is 0 Å². The molecule has 0 aliphatic carbocycles. The number of hydrogen-bond acceptors (Lipinski definition) is 3. The van der Waals surface area contributed by atoms with Gasteiger partial charge >= 0.3 is 0 Å². The minimum atomic E-state index is 0.355. The molecule has 2 rings (SSSR count). The average Bonchev–Trinajstić information content (AvgIpc) is 2.88. The zero-order valence-electron chi connectivity index (χ0n) is 12.0. The van der Waals surface area contributed by atoms with Gasteiger partial charge in [-0.2, -0.15) is 5.10 Å². The lowest BCUT2D eigenvalue weighted by Crippen LogP contribution is -2.22. The Balaban J connectivity index is 2.05. The second-order valence-corrected chi connectivity index (χ2v) is 5.50. The van der Waals surface area contributed by atoms with E-state index in [1.807, 2.05) is 0 Å². The molecule has 1 aromatic rings. The minimum absolute atomic E-state index is 0.355. The molecule has 1 atom stereocenters. The number of rotatable bonds is 5. The molecular weight excluding hydrogens is 226 g/mol. The number of nitrogens with zero attached hydrogens (tertiary/aromatic N) is 2. The first-order chi connectivity index (χ1) is 8.58. The fourth-order valence-corrected chi connectivity index (χ4v) is 2.46. The van der Waals surface area contributed by atoms with Gasteiger partial charge in [0, 0.05) is 30.5 Å². The topological polar surface area (TPSA) is 39.1 Å². The van der Waals surface area contributed by atoms with Crippen LogP contribution in [0.15, 0.2) is 0 Å². The van der Waals surface area contributed by atoms with Crippen molar-refractivity contribution < 1.29 is 4.74 Å². The first kappa shape index (κ1) is 13.6. The van der Waals surface area contributed by atoms with Crippen LogP contribution in [0.4, 0.5) is 0 Å². The van der Waals surface area contributed by atoms with Crippen LogP contribution in [0.2, 0.25) is 0 Å². The molecule has 1 aliphatic heterocycles. The molecule has 0 radical (unpaired) electrons. The summed E-state index contributed by atoms with van der Waals surface area (Å²) in [6.07, 6.45) is 2.71. The first-order valence-corrected chi connectivity index (χ1v) is 6.95. The summed E-state index contributed by atoms with van der Waals surface area (Å²) in [5, 5.41) is 8.11. The molecule has 0 bridgehead atoms. The van der Waals surface area contributed by atoms with Crippen molar-refractivity contribution in [3.8, 4) is 0 Å². The van der Waals surface area contributed by atoms with E-state index in [1.165, 1.54) is 17.7 Å². The molecule has 2 heterocycles. The summed E-state index contributed by atoms with van der Waals surface area (Å²) < 4.78 is 7.80. The summed E-state index contributed by atoms with van der Waals surface area (Å²) in [6.45, 7) is 11.3. The van der Waals surface area contributed by atoms with Gasteiger partial charge in [0.05, 0.1) is 18.3 Å². The zero-order valence-corrected chi connectivity index (χ0v) is 12.0. The van der Waals surface area contributed by atoms with E-state index in [0.717, 1.165) is 31.8 Å². The lowest BCUT2D eigenvalue weighted by molar-refractivity contribution is 0.0933. The highest BCUT2D eigenvalue weighted by Crippen LogP contribution is 2.18. The summed E-state index contributed by atoms with van der Waals surface area (Å²) >= 11 is 0. The highest BCUT2D eigenvalue weighted by Gasteiger charge is 2.19. The van der Waals surface area contributed by atoms with Gasteiger partial charge in [0.25, 0.3) is 0 Å². The Morgan fingerprint density at radius 2 is 2.22 bits per heavy atom. The van der Waals surface area contributed by atoms with Crippen LogP contribution < -0.4 is 5.32 Å². The number of hydrogen-bond donors (Lipinski definition) is 1. The van der Waals surface area contributed by atoms with Gasteiger partial charge in [0.2, 0.25) is 0 Å². The molecule has 102 valence electrons. The van der Waals surface area contributed by atoms with Crippen LogP contribution >= 0.6 is 0 Å². The van der Waals surface area contributed by atoms with E-state index < -0.39 is 0 Å². The molecular formula is C14H25N3O. The maximum atomic E-state index is 5.68. The quantitative estimate of drug-likeness (QED) is 0.872. The third kappa shape index (κ3) is 3.12. The fraction of sp³-hybridized carbons (Fsp3) is 0.786. The van der Waals surface area contributed by atoms with E-state index in [9.17, 15) is 0 Å². The standard InChI is InChI=1S/C14H25N3O/c1-10(2)15-8-14-11(3)16-17(12(14)4)9-13-6-5-7-18-13/h10,13,15H,5-9H2,1-4H3.